The van der Waals surface area contributed by atoms with Gasteiger partial charge in [-0.05, 0) is 50.1 Å². The summed E-state index contributed by atoms with van der Waals surface area (Å²) in [5.74, 6) is -0.0766. The van der Waals surface area contributed by atoms with Crippen molar-refractivity contribution in [2.45, 2.75) is 19.8 Å². The molecule has 0 radical (unpaired) electrons. The van der Waals surface area contributed by atoms with Gasteiger partial charge in [-0.3, -0.25) is 9.59 Å². The lowest BCUT2D eigenvalue weighted by atomic mass is 9.94. The first-order valence-electron chi connectivity index (χ1n) is 11.7. The summed E-state index contributed by atoms with van der Waals surface area (Å²) in [6, 6.07) is 27.4. The number of para-hydroxylation sites is 1. The monoisotopic (exact) mass is 449 g/mol. The fraction of sp³-hybridized carbons (Fsp3) is 0.207. The van der Waals surface area contributed by atoms with Crippen LogP contribution in [-0.2, 0) is 4.79 Å². The van der Waals surface area contributed by atoms with Crippen molar-refractivity contribution in [1.82, 2.24) is 9.88 Å². The molecule has 1 aliphatic heterocycles. The van der Waals surface area contributed by atoms with E-state index in [1.54, 1.807) is 0 Å². The normalized spacial score (nSPS) is 14.2. The zero-order chi connectivity index (χ0) is 23.5. The van der Waals surface area contributed by atoms with Gasteiger partial charge in [0.05, 0.1) is 16.8 Å². The average molecular weight is 450 g/mol. The van der Waals surface area contributed by atoms with E-state index >= 15 is 0 Å². The molecule has 5 rings (SSSR count). The minimum atomic E-state index is -0.0967. The van der Waals surface area contributed by atoms with Crippen LogP contribution in [0, 0.1) is 12.8 Å². The van der Waals surface area contributed by atoms with E-state index in [4.69, 9.17) is 4.98 Å². The number of anilines is 1. The lowest BCUT2D eigenvalue weighted by Crippen LogP contribution is -2.41. The first-order chi connectivity index (χ1) is 16.6. The van der Waals surface area contributed by atoms with Gasteiger partial charge in [0.25, 0.3) is 5.91 Å². The van der Waals surface area contributed by atoms with Crippen LogP contribution in [0.1, 0.15) is 28.8 Å². The largest absolute Gasteiger partial charge is 0.339 e. The molecule has 4 aromatic rings. The number of likely N-dealkylation sites (tertiary alicyclic amines) is 1. The van der Waals surface area contributed by atoms with Crippen LogP contribution in [0.4, 0.5) is 5.69 Å². The molecular weight excluding hydrogens is 422 g/mol. The van der Waals surface area contributed by atoms with Gasteiger partial charge in [-0.1, -0.05) is 60.2 Å². The molecule has 1 N–H and O–H groups in total. The second-order valence-electron chi connectivity index (χ2n) is 8.86. The molecule has 0 unspecified atom stereocenters. The lowest BCUT2D eigenvalue weighted by Gasteiger charge is -2.31. The third-order valence-electron chi connectivity index (χ3n) is 6.46. The molecule has 0 saturated carbocycles. The minimum absolute atomic E-state index is 0.00269. The molecule has 1 fully saturated rings. The number of fused-ring (bicyclic) bond motifs is 1. The predicted molar refractivity (Wildman–Crippen MR) is 136 cm³/mol. The summed E-state index contributed by atoms with van der Waals surface area (Å²) in [5.41, 5.74) is 5.14. The summed E-state index contributed by atoms with van der Waals surface area (Å²) in [6.45, 7) is 3.14. The van der Waals surface area contributed by atoms with Crippen molar-refractivity contribution in [3.05, 3.63) is 96.1 Å². The van der Waals surface area contributed by atoms with Crippen molar-refractivity contribution >= 4 is 28.4 Å². The van der Waals surface area contributed by atoms with Crippen molar-refractivity contribution in [3.8, 4) is 11.3 Å². The van der Waals surface area contributed by atoms with E-state index < -0.39 is 0 Å². The zero-order valence-corrected chi connectivity index (χ0v) is 19.2. The number of rotatable bonds is 4. The number of nitrogens with zero attached hydrogens (tertiary/aromatic N) is 2. The number of benzene rings is 3. The SMILES string of the molecule is Cc1ccc2nc(-c3ccccc3)cc(C(=O)N3CCC(C(=O)Nc4ccccc4)CC3)c2c1. The van der Waals surface area contributed by atoms with Crippen molar-refractivity contribution < 1.29 is 9.59 Å². The van der Waals surface area contributed by atoms with E-state index in [-0.39, 0.29) is 17.7 Å². The molecule has 5 heteroatoms. The van der Waals surface area contributed by atoms with Crippen molar-refractivity contribution in [1.29, 1.82) is 0 Å². The number of aromatic nitrogens is 1. The Hall–Kier alpha value is -3.99. The number of nitrogens with one attached hydrogen (secondary N) is 1. The highest BCUT2D eigenvalue weighted by Crippen LogP contribution is 2.28. The summed E-state index contributed by atoms with van der Waals surface area (Å²) < 4.78 is 0. The van der Waals surface area contributed by atoms with Crippen LogP contribution in [0.5, 0.6) is 0 Å². The fourth-order valence-corrected chi connectivity index (χ4v) is 4.55. The molecule has 2 amide bonds. The number of pyridine rings is 1. The molecule has 0 bridgehead atoms. The molecule has 0 spiro atoms. The molecule has 34 heavy (non-hydrogen) atoms. The Morgan fingerprint density at radius 3 is 2.26 bits per heavy atom. The first kappa shape index (κ1) is 21.8. The van der Waals surface area contributed by atoms with Crippen LogP contribution in [0.25, 0.3) is 22.2 Å². The van der Waals surface area contributed by atoms with Gasteiger partial charge >= 0.3 is 0 Å². The fourth-order valence-electron chi connectivity index (χ4n) is 4.55. The van der Waals surface area contributed by atoms with Crippen LogP contribution in [0.15, 0.2) is 84.9 Å². The molecule has 3 aromatic carbocycles. The number of carbonyl (C=O) groups is 2. The van der Waals surface area contributed by atoms with E-state index in [0.29, 0.717) is 31.5 Å². The predicted octanol–water partition coefficient (Wildman–Crippen LogP) is 5.70. The zero-order valence-electron chi connectivity index (χ0n) is 19.2. The highest BCUT2D eigenvalue weighted by molar-refractivity contribution is 6.07. The number of hydrogen-bond acceptors (Lipinski definition) is 3. The van der Waals surface area contributed by atoms with Gasteiger partial charge in [-0.25, -0.2) is 4.98 Å². The van der Waals surface area contributed by atoms with Crippen LogP contribution >= 0.6 is 0 Å². The van der Waals surface area contributed by atoms with E-state index in [1.165, 1.54) is 0 Å². The molecule has 170 valence electrons. The van der Waals surface area contributed by atoms with Gasteiger partial charge in [-0.15, -0.1) is 0 Å². The van der Waals surface area contributed by atoms with Crippen molar-refractivity contribution in [2.75, 3.05) is 18.4 Å². The Labute approximate surface area is 199 Å². The van der Waals surface area contributed by atoms with Crippen LogP contribution in [0.3, 0.4) is 0 Å². The van der Waals surface area contributed by atoms with Crippen molar-refractivity contribution in [3.63, 3.8) is 0 Å². The summed E-state index contributed by atoms with van der Waals surface area (Å²) in [4.78, 5) is 33.1. The number of piperidine rings is 1. The van der Waals surface area contributed by atoms with E-state index in [2.05, 4.69) is 5.32 Å². The molecule has 0 atom stereocenters. The highest BCUT2D eigenvalue weighted by atomic mass is 16.2. The quantitative estimate of drug-likeness (QED) is 0.435. The number of aryl methyl sites for hydroxylation is 1. The molecular formula is C29H27N3O2. The Bertz CT molecular complexity index is 1330. The van der Waals surface area contributed by atoms with E-state index in [1.807, 2.05) is 96.8 Å². The van der Waals surface area contributed by atoms with E-state index in [9.17, 15) is 9.59 Å². The average Bonchev–Trinajstić information content (AvgIpc) is 2.89. The molecule has 1 saturated heterocycles. The molecule has 2 heterocycles. The highest BCUT2D eigenvalue weighted by Gasteiger charge is 2.29. The van der Waals surface area contributed by atoms with Gasteiger partial charge in [0.15, 0.2) is 0 Å². The minimum Gasteiger partial charge on any atom is -0.339 e. The van der Waals surface area contributed by atoms with Crippen molar-refractivity contribution in [2.24, 2.45) is 5.92 Å². The Morgan fingerprint density at radius 2 is 1.56 bits per heavy atom. The van der Waals surface area contributed by atoms with E-state index in [0.717, 1.165) is 33.4 Å². The topological polar surface area (TPSA) is 62.3 Å². The number of amides is 2. The van der Waals surface area contributed by atoms with Gasteiger partial charge < -0.3 is 10.2 Å². The van der Waals surface area contributed by atoms with Crippen LogP contribution in [-0.4, -0.2) is 34.8 Å². The molecule has 5 nitrogen and oxygen atoms in total. The van der Waals surface area contributed by atoms with Gasteiger partial charge in [0.2, 0.25) is 5.91 Å². The Morgan fingerprint density at radius 1 is 0.882 bits per heavy atom. The Kier molecular flexibility index (Phi) is 6.09. The van der Waals surface area contributed by atoms with Crippen LogP contribution in [0.2, 0.25) is 0 Å². The standard InChI is InChI=1S/C29H27N3O2/c1-20-12-13-26-24(18-20)25(19-27(31-26)21-8-4-2-5-9-21)29(34)32-16-14-22(15-17-32)28(33)30-23-10-6-3-7-11-23/h2-13,18-19,22H,14-17H2,1H3,(H,30,33). The van der Waals surface area contributed by atoms with Gasteiger partial charge in [0.1, 0.15) is 0 Å². The maximum Gasteiger partial charge on any atom is 0.254 e. The van der Waals surface area contributed by atoms with Crippen LogP contribution < -0.4 is 5.32 Å². The summed E-state index contributed by atoms with van der Waals surface area (Å²) in [7, 11) is 0. The third kappa shape index (κ3) is 4.55. The lowest BCUT2D eigenvalue weighted by molar-refractivity contribution is -0.121. The third-order valence-corrected chi connectivity index (χ3v) is 6.46. The summed E-state index contributed by atoms with van der Waals surface area (Å²) in [6.07, 6.45) is 1.30. The maximum atomic E-state index is 13.7. The molecule has 1 aromatic heterocycles. The second-order valence-corrected chi connectivity index (χ2v) is 8.86. The van der Waals surface area contributed by atoms with Gasteiger partial charge in [0, 0.05) is 35.6 Å². The molecule has 0 aliphatic carbocycles. The second kappa shape index (κ2) is 9.48. The maximum absolute atomic E-state index is 13.7. The van der Waals surface area contributed by atoms with Gasteiger partial charge in [-0.2, -0.15) is 0 Å². The smallest absolute Gasteiger partial charge is 0.254 e. The summed E-state index contributed by atoms with van der Waals surface area (Å²) in [5, 5.41) is 3.86. The number of carbonyl (C=O) groups excluding carboxylic acids is 2. The Balaban J connectivity index is 1.37. The number of hydrogen-bond donors (Lipinski definition) is 1. The molecule has 1 aliphatic rings. The first-order valence-corrected chi connectivity index (χ1v) is 11.7. The summed E-state index contributed by atoms with van der Waals surface area (Å²) >= 11 is 0.